The van der Waals surface area contributed by atoms with E-state index in [1.165, 1.54) is 0 Å². The molecular weight excluding hydrogens is 288 g/mol. The first-order valence-electron chi connectivity index (χ1n) is 7.41. The minimum Gasteiger partial charge on any atom is -0.329 e. The predicted octanol–water partition coefficient (Wildman–Crippen LogP) is -0.0797. The standard InChI is InChI=1S/C14H24N4O2S/c15-5-10-17-8-1-9-18(12-11-17)21(19,20)13-4-14-2-6-16-7-3-14/h2-3,6-7H,1,4-5,8-13,15H2. The number of pyridine rings is 1. The van der Waals surface area contributed by atoms with Crippen LogP contribution in [0.1, 0.15) is 12.0 Å². The van der Waals surface area contributed by atoms with Crippen LogP contribution >= 0.6 is 0 Å². The molecule has 0 spiro atoms. The predicted molar refractivity (Wildman–Crippen MR) is 83.4 cm³/mol. The molecule has 2 N–H and O–H groups in total. The highest BCUT2D eigenvalue weighted by atomic mass is 32.2. The molecule has 0 radical (unpaired) electrons. The summed E-state index contributed by atoms with van der Waals surface area (Å²) in [7, 11) is -3.19. The maximum Gasteiger partial charge on any atom is 0.214 e. The molecule has 21 heavy (non-hydrogen) atoms. The summed E-state index contributed by atoms with van der Waals surface area (Å²) < 4.78 is 26.5. The molecule has 0 bridgehead atoms. The Morgan fingerprint density at radius 1 is 1.14 bits per heavy atom. The average Bonchev–Trinajstić information content (AvgIpc) is 2.73. The number of sulfonamides is 1. The Labute approximate surface area is 127 Å². The molecule has 1 saturated heterocycles. The number of aromatic nitrogens is 1. The van der Waals surface area contributed by atoms with Crippen molar-refractivity contribution in [3.8, 4) is 0 Å². The van der Waals surface area contributed by atoms with Crippen LogP contribution in [0.4, 0.5) is 0 Å². The van der Waals surface area contributed by atoms with Crippen LogP contribution < -0.4 is 5.73 Å². The molecule has 0 amide bonds. The highest BCUT2D eigenvalue weighted by Gasteiger charge is 2.24. The second-order valence-electron chi connectivity index (χ2n) is 5.30. The summed E-state index contributed by atoms with van der Waals surface area (Å²) in [6.45, 7) is 4.33. The fourth-order valence-corrected chi connectivity index (χ4v) is 4.08. The lowest BCUT2D eigenvalue weighted by atomic mass is 10.2. The van der Waals surface area contributed by atoms with Gasteiger partial charge in [-0.2, -0.15) is 0 Å². The molecule has 0 atom stereocenters. The third-order valence-corrected chi connectivity index (χ3v) is 5.66. The summed E-state index contributed by atoms with van der Waals surface area (Å²) in [5, 5.41) is 0. The highest BCUT2D eigenvalue weighted by Crippen LogP contribution is 2.10. The summed E-state index contributed by atoms with van der Waals surface area (Å²) >= 11 is 0. The van der Waals surface area contributed by atoms with E-state index in [9.17, 15) is 8.42 Å². The molecule has 118 valence electrons. The lowest BCUT2D eigenvalue weighted by Crippen LogP contribution is -2.38. The van der Waals surface area contributed by atoms with Crippen molar-refractivity contribution in [1.82, 2.24) is 14.2 Å². The summed E-state index contributed by atoms with van der Waals surface area (Å²) in [5.74, 6) is 0.161. The fraction of sp³-hybridized carbons (Fsp3) is 0.643. The van der Waals surface area contributed by atoms with Crippen LogP contribution in [0.5, 0.6) is 0 Å². The van der Waals surface area contributed by atoms with Crippen LogP contribution in [-0.2, 0) is 16.4 Å². The topological polar surface area (TPSA) is 79.5 Å². The molecule has 0 aromatic carbocycles. The Kier molecular flexibility index (Phi) is 6.10. The maximum absolute atomic E-state index is 12.4. The lowest BCUT2D eigenvalue weighted by molar-refractivity contribution is 0.294. The van der Waals surface area contributed by atoms with Gasteiger partial charge in [0.1, 0.15) is 0 Å². The molecule has 7 heteroatoms. The van der Waals surface area contributed by atoms with Crippen molar-refractivity contribution in [2.24, 2.45) is 5.73 Å². The Morgan fingerprint density at radius 3 is 2.62 bits per heavy atom. The Balaban J connectivity index is 1.90. The summed E-state index contributed by atoms with van der Waals surface area (Å²) in [5.41, 5.74) is 6.57. The van der Waals surface area contributed by atoms with Crippen molar-refractivity contribution < 1.29 is 8.42 Å². The molecule has 1 aliphatic heterocycles. The minimum atomic E-state index is -3.19. The second-order valence-corrected chi connectivity index (χ2v) is 7.39. The summed E-state index contributed by atoms with van der Waals surface area (Å²) in [6.07, 6.45) is 4.79. The van der Waals surface area contributed by atoms with Crippen LogP contribution in [0, 0.1) is 0 Å². The number of aryl methyl sites for hydroxylation is 1. The zero-order chi connectivity index (χ0) is 15.1. The van der Waals surface area contributed by atoms with Gasteiger partial charge in [0.25, 0.3) is 0 Å². The number of nitrogens with two attached hydrogens (primary N) is 1. The first-order chi connectivity index (χ1) is 10.1. The normalized spacial score (nSPS) is 18.5. The van der Waals surface area contributed by atoms with E-state index in [1.54, 1.807) is 16.7 Å². The maximum atomic E-state index is 12.4. The zero-order valence-electron chi connectivity index (χ0n) is 12.3. The molecule has 0 unspecified atom stereocenters. The van der Waals surface area contributed by atoms with Gasteiger partial charge >= 0.3 is 0 Å². The van der Waals surface area contributed by atoms with Gasteiger partial charge in [0, 0.05) is 45.1 Å². The van der Waals surface area contributed by atoms with Crippen LogP contribution in [-0.4, -0.2) is 67.6 Å². The largest absolute Gasteiger partial charge is 0.329 e. The van der Waals surface area contributed by atoms with E-state index in [2.05, 4.69) is 9.88 Å². The monoisotopic (exact) mass is 312 g/mol. The van der Waals surface area contributed by atoms with E-state index in [1.807, 2.05) is 12.1 Å². The minimum absolute atomic E-state index is 0.161. The van der Waals surface area contributed by atoms with Gasteiger partial charge < -0.3 is 10.6 Å². The Hall–Kier alpha value is -1.02. The van der Waals surface area contributed by atoms with E-state index in [0.29, 0.717) is 26.1 Å². The van der Waals surface area contributed by atoms with Crippen molar-refractivity contribution >= 4 is 10.0 Å². The van der Waals surface area contributed by atoms with Crippen molar-refractivity contribution in [2.45, 2.75) is 12.8 Å². The molecule has 1 aromatic heterocycles. The van der Waals surface area contributed by atoms with Crippen LogP contribution in [0.25, 0.3) is 0 Å². The smallest absolute Gasteiger partial charge is 0.214 e. The van der Waals surface area contributed by atoms with Crippen molar-refractivity contribution in [2.75, 3.05) is 45.0 Å². The van der Waals surface area contributed by atoms with Gasteiger partial charge in [-0.05, 0) is 37.1 Å². The molecule has 1 fully saturated rings. The van der Waals surface area contributed by atoms with Crippen LogP contribution in [0.15, 0.2) is 24.5 Å². The first-order valence-corrected chi connectivity index (χ1v) is 9.02. The van der Waals surface area contributed by atoms with E-state index in [0.717, 1.165) is 31.6 Å². The molecule has 2 heterocycles. The van der Waals surface area contributed by atoms with Crippen molar-refractivity contribution in [1.29, 1.82) is 0 Å². The highest BCUT2D eigenvalue weighted by molar-refractivity contribution is 7.89. The molecule has 6 nitrogen and oxygen atoms in total. The number of hydrogen-bond acceptors (Lipinski definition) is 5. The molecule has 1 aromatic rings. The quantitative estimate of drug-likeness (QED) is 0.795. The van der Waals surface area contributed by atoms with Gasteiger partial charge in [-0.3, -0.25) is 4.98 Å². The van der Waals surface area contributed by atoms with Crippen LogP contribution in [0.3, 0.4) is 0 Å². The zero-order valence-corrected chi connectivity index (χ0v) is 13.1. The second kappa shape index (κ2) is 7.84. The molecule has 2 rings (SSSR count). The molecule has 0 saturated carbocycles. The van der Waals surface area contributed by atoms with Crippen molar-refractivity contribution in [3.63, 3.8) is 0 Å². The SMILES string of the molecule is NCCN1CCCN(S(=O)(=O)CCc2ccncc2)CC1. The van der Waals surface area contributed by atoms with Gasteiger partial charge in [-0.15, -0.1) is 0 Å². The average molecular weight is 312 g/mol. The fourth-order valence-electron chi connectivity index (χ4n) is 2.56. The summed E-state index contributed by atoms with van der Waals surface area (Å²) in [4.78, 5) is 6.18. The third kappa shape index (κ3) is 5.03. The number of rotatable bonds is 6. The third-order valence-electron chi connectivity index (χ3n) is 3.78. The Morgan fingerprint density at radius 2 is 1.90 bits per heavy atom. The molecule has 0 aliphatic carbocycles. The molecule has 1 aliphatic rings. The van der Waals surface area contributed by atoms with Gasteiger partial charge in [-0.25, -0.2) is 12.7 Å². The summed E-state index contributed by atoms with van der Waals surface area (Å²) in [6, 6.07) is 3.72. The Bertz CT molecular complexity index is 521. The van der Waals surface area contributed by atoms with Gasteiger partial charge in [0.05, 0.1) is 5.75 Å². The van der Waals surface area contributed by atoms with E-state index in [4.69, 9.17) is 5.73 Å². The van der Waals surface area contributed by atoms with Gasteiger partial charge in [-0.1, -0.05) is 0 Å². The van der Waals surface area contributed by atoms with Gasteiger partial charge in [0.2, 0.25) is 10.0 Å². The van der Waals surface area contributed by atoms with Crippen molar-refractivity contribution in [3.05, 3.63) is 30.1 Å². The van der Waals surface area contributed by atoms with E-state index < -0.39 is 10.0 Å². The number of nitrogens with zero attached hydrogens (tertiary/aromatic N) is 3. The van der Waals surface area contributed by atoms with Crippen LogP contribution in [0.2, 0.25) is 0 Å². The van der Waals surface area contributed by atoms with E-state index >= 15 is 0 Å². The van der Waals surface area contributed by atoms with Gasteiger partial charge in [0.15, 0.2) is 0 Å². The number of hydrogen-bond donors (Lipinski definition) is 1. The molecular formula is C14H24N4O2S. The van der Waals surface area contributed by atoms with E-state index in [-0.39, 0.29) is 5.75 Å². The lowest BCUT2D eigenvalue weighted by Gasteiger charge is -2.21. The first kappa shape index (κ1) is 16.4.